The van der Waals surface area contributed by atoms with Gasteiger partial charge in [0.1, 0.15) is 23.0 Å². The molecule has 1 amide bonds. The van der Waals surface area contributed by atoms with Crippen LogP contribution in [-0.4, -0.2) is 29.5 Å². The van der Waals surface area contributed by atoms with Crippen LogP contribution < -0.4 is 10.2 Å². The summed E-state index contributed by atoms with van der Waals surface area (Å²) in [5, 5.41) is 2.24. The largest absolute Gasteiger partial charge is 0.374 e. The molecule has 2 heterocycles. The number of anilines is 2. The molecule has 138 valence electrons. The van der Waals surface area contributed by atoms with Gasteiger partial charge in [0, 0.05) is 37.9 Å². The van der Waals surface area contributed by atoms with Crippen LogP contribution in [0.15, 0.2) is 61.1 Å². The van der Waals surface area contributed by atoms with E-state index in [4.69, 9.17) is 0 Å². The summed E-state index contributed by atoms with van der Waals surface area (Å²) in [6.07, 6.45) is 5.78. The third kappa shape index (κ3) is 4.63. The average Bonchev–Trinajstić information content (AvgIpc) is 2.70. The van der Waals surface area contributed by atoms with Gasteiger partial charge in [-0.1, -0.05) is 6.07 Å². The standard InChI is InChI=1S/C20H18F2N4O/c1-26(12-8-14-5-9-23-10-6-14)15-7-11-24-18(13-15)20(27)25-19-16(21)3-2-4-17(19)22/h2-7,9-11,13H,8,12H2,1H3,(H,25,27). The Morgan fingerprint density at radius 1 is 1.07 bits per heavy atom. The number of para-hydroxylation sites is 1. The van der Waals surface area contributed by atoms with Crippen molar-refractivity contribution in [1.29, 1.82) is 0 Å². The minimum absolute atomic E-state index is 0.0749. The highest BCUT2D eigenvalue weighted by Crippen LogP contribution is 2.20. The maximum Gasteiger partial charge on any atom is 0.274 e. The van der Waals surface area contributed by atoms with E-state index in [0.29, 0.717) is 0 Å². The molecule has 0 spiro atoms. The molecule has 3 aromatic rings. The molecule has 1 N–H and O–H groups in total. The number of carbonyl (C=O) groups is 1. The smallest absolute Gasteiger partial charge is 0.274 e. The van der Waals surface area contributed by atoms with E-state index < -0.39 is 23.2 Å². The first-order valence-corrected chi connectivity index (χ1v) is 8.36. The van der Waals surface area contributed by atoms with Crippen LogP contribution >= 0.6 is 0 Å². The molecule has 2 aromatic heterocycles. The molecule has 0 atom stereocenters. The number of carbonyl (C=O) groups excluding carboxylic acids is 1. The molecule has 0 saturated carbocycles. The van der Waals surface area contributed by atoms with Crippen LogP contribution in [-0.2, 0) is 6.42 Å². The molecule has 0 bridgehead atoms. The first-order chi connectivity index (χ1) is 13.0. The van der Waals surface area contributed by atoms with Gasteiger partial charge in [-0.25, -0.2) is 8.78 Å². The summed E-state index contributed by atoms with van der Waals surface area (Å²) in [6, 6.07) is 10.6. The Hall–Kier alpha value is -3.35. The topological polar surface area (TPSA) is 58.1 Å². The Balaban J connectivity index is 1.70. The predicted molar refractivity (Wildman–Crippen MR) is 99.8 cm³/mol. The minimum atomic E-state index is -0.839. The number of pyridine rings is 2. The fraction of sp³-hybridized carbons (Fsp3) is 0.150. The second-order valence-electron chi connectivity index (χ2n) is 5.98. The molecule has 0 aliphatic carbocycles. The lowest BCUT2D eigenvalue weighted by Gasteiger charge is -2.19. The number of benzene rings is 1. The van der Waals surface area contributed by atoms with E-state index in [-0.39, 0.29) is 5.69 Å². The van der Waals surface area contributed by atoms with E-state index in [2.05, 4.69) is 15.3 Å². The highest BCUT2D eigenvalue weighted by molar-refractivity contribution is 6.03. The molecule has 27 heavy (non-hydrogen) atoms. The van der Waals surface area contributed by atoms with Crippen molar-refractivity contribution < 1.29 is 13.6 Å². The number of likely N-dealkylation sites (N-methyl/N-ethyl adjacent to an activating group) is 1. The number of amides is 1. The summed E-state index contributed by atoms with van der Waals surface area (Å²) >= 11 is 0. The van der Waals surface area contributed by atoms with E-state index in [1.54, 1.807) is 24.5 Å². The van der Waals surface area contributed by atoms with Gasteiger partial charge in [0.15, 0.2) is 0 Å². The Morgan fingerprint density at radius 2 is 1.78 bits per heavy atom. The van der Waals surface area contributed by atoms with E-state index in [0.717, 1.165) is 36.3 Å². The van der Waals surface area contributed by atoms with Crippen LogP contribution in [0, 0.1) is 11.6 Å². The molecule has 3 rings (SSSR count). The van der Waals surface area contributed by atoms with E-state index in [1.165, 1.54) is 12.3 Å². The van der Waals surface area contributed by atoms with Gasteiger partial charge in [0.2, 0.25) is 0 Å². The van der Waals surface area contributed by atoms with Gasteiger partial charge in [-0.2, -0.15) is 0 Å². The molecule has 0 aliphatic heterocycles. The number of nitrogens with one attached hydrogen (secondary N) is 1. The van der Waals surface area contributed by atoms with Gasteiger partial charge in [0.05, 0.1) is 0 Å². The normalized spacial score (nSPS) is 10.5. The van der Waals surface area contributed by atoms with Crippen molar-refractivity contribution in [1.82, 2.24) is 9.97 Å². The minimum Gasteiger partial charge on any atom is -0.374 e. The van der Waals surface area contributed by atoms with Crippen molar-refractivity contribution in [2.24, 2.45) is 0 Å². The molecule has 0 radical (unpaired) electrons. The SMILES string of the molecule is CN(CCc1ccncc1)c1ccnc(C(=O)Nc2c(F)cccc2F)c1. The maximum absolute atomic E-state index is 13.7. The number of hydrogen-bond acceptors (Lipinski definition) is 4. The summed E-state index contributed by atoms with van der Waals surface area (Å²) in [4.78, 5) is 22.3. The van der Waals surface area contributed by atoms with Gasteiger partial charge in [-0.05, 0) is 48.4 Å². The summed E-state index contributed by atoms with van der Waals surface area (Å²) in [6.45, 7) is 0.719. The predicted octanol–water partition coefficient (Wildman–Crippen LogP) is 3.69. The number of nitrogens with zero attached hydrogens (tertiary/aromatic N) is 3. The third-order valence-corrected chi connectivity index (χ3v) is 4.10. The van der Waals surface area contributed by atoms with Crippen LogP contribution in [0.5, 0.6) is 0 Å². The highest BCUT2D eigenvalue weighted by Gasteiger charge is 2.15. The van der Waals surface area contributed by atoms with Crippen molar-refractivity contribution in [2.75, 3.05) is 23.8 Å². The molecule has 0 fully saturated rings. The zero-order valence-electron chi connectivity index (χ0n) is 14.7. The zero-order valence-corrected chi connectivity index (χ0v) is 14.7. The quantitative estimate of drug-likeness (QED) is 0.721. The van der Waals surface area contributed by atoms with Crippen molar-refractivity contribution in [2.45, 2.75) is 6.42 Å². The molecular weight excluding hydrogens is 350 g/mol. The highest BCUT2D eigenvalue weighted by atomic mass is 19.1. The number of hydrogen-bond donors (Lipinski definition) is 1. The molecular formula is C20H18F2N4O. The first kappa shape index (κ1) is 18.4. The monoisotopic (exact) mass is 368 g/mol. The summed E-state index contributed by atoms with van der Waals surface area (Å²) < 4.78 is 27.4. The van der Waals surface area contributed by atoms with Crippen LogP contribution in [0.4, 0.5) is 20.2 Å². The molecule has 0 saturated heterocycles. The van der Waals surface area contributed by atoms with Crippen molar-refractivity contribution >= 4 is 17.3 Å². The number of rotatable bonds is 6. The second kappa shape index (κ2) is 8.35. The van der Waals surface area contributed by atoms with Crippen molar-refractivity contribution in [3.05, 3.63) is 83.9 Å². The molecule has 5 nitrogen and oxygen atoms in total. The molecule has 1 aromatic carbocycles. The fourth-order valence-corrected chi connectivity index (χ4v) is 2.55. The van der Waals surface area contributed by atoms with Crippen LogP contribution in [0.3, 0.4) is 0 Å². The van der Waals surface area contributed by atoms with E-state index in [1.807, 2.05) is 24.1 Å². The average molecular weight is 368 g/mol. The van der Waals surface area contributed by atoms with Crippen LogP contribution in [0.1, 0.15) is 16.1 Å². The Labute approximate surface area is 155 Å². The van der Waals surface area contributed by atoms with Gasteiger partial charge >= 0.3 is 0 Å². The Bertz CT molecular complexity index is 914. The Morgan fingerprint density at radius 3 is 2.48 bits per heavy atom. The fourth-order valence-electron chi connectivity index (χ4n) is 2.55. The maximum atomic E-state index is 13.7. The van der Waals surface area contributed by atoms with Gasteiger partial charge in [0.25, 0.3) is 5.91 Å². The summed E-state index contributed by atoms with van der Waals surface area (Å²) in [7, 11) is 1.90. The first-order valence-electron chi connectivity index (χ1n) is 8.36. The third-order valence-electron chi connectivity index (χ3n) is 4.10. The van der Waals surface area contributed by atoms with Crippen molar-refractivity contribution in [3.63, 3.8) is 0 Å². The molecule has 0 unspecified atom stereocenters. The lowest BCUT2D eigenvalue weighted by atomic mass is 10.2. The molecule has 7 heteroatoms. The van der Waals surface area contributed by atoms with Gasteiger partial charge in [-0.15, -0.1) is 0 Å². The van der Waals surface area contributed by atoms with E-state index in [9.17, 15) is 13.6 Å². The van der Waals surface area contributed by atoms with Crippen LogP contribution in [0.25, 0.3) is 0 Å². The van der Waals surface area contributed by atoms with Crippen molar-refractivity contribution in [3.8, 4) is 0 Å². The zero-order chi connectivity index (χ0) is 19.2. The summed E-state index contributed by atoms with van der Waals surface area (Å²) in [5.74, 6) is -2.36. The number of aromatic nitrogens is 2. The number of halogens is 2. The van der Waals surface area contributed by atoms with Gasteiger partial charge in [-0.3, -0.25) is 14.8 Å². The summed E-state index contributed by atoms with van der Waals surface area (Å²) in [5.41, 5.74) is 1.52. The lowest BCUT2D eigenvalue weighted by molar-refractivity contribution is 0.102. The molecule has 0 aliphatic rings. The van der Waals surface area contributed by atoms with E-state index >= 15 is 0 Å². The lowest BCUT2D eigenvalue weighted by Crippen LogP contribution is -2.22. The Kier molecular flexibility index (Phi) is 5.71. The van der Waals surface area contributed by atoms with Crippen LogP contribution in [0.2, 0.25) is 0 Å². The van der Waals surface area contributed by atoms with Gasteiger partial charge < -0.3 is 10.2 Å². The second-order valence-corrected chi connectivity index (χ2v) is 5.98.